The topological polar surface area (TPSA) is 43.4 Å². The Balaban J connectivity index is 1.98. The number of ketones is 1. The van der Waals surface area contributed by atoms with E-state index in [2.05, 4.69) is 0 Å². The van der Waals surface area contributed by atoms with E-state index in [0.29, 0.717) is 11.1 Å². The van der Waals surface area contributed by atoms with Crippen LogP contribution in [-0.2, 0) is 11.0 Å². The van der Waals surface area contributed by atoms with Gasteiger partial charge >= 0.3 is 12.1 Å². The lowest BCUT2D eigenvalue weighted by Gasteiger charge is -2.06. The molecule has 0 aliphatic carbocycles. The van der Waals surface area contributed by atoms with E-state index in [0.717, 1.165) is 18.2 Å². The van der Waals surface area contributed by atoms with Crippen LogP contribution >= 0.6 is 0 Å². The molecule has 0 unspecified atom stereocenters. The number of halogens is 3. The average molecular weight is 334 g/mol. The molecule has 6 heteroatoms. The average Bonchev–Trinajstić information content (AvgIpc) is 2.53. The van der Waals surface area contributed by atoms with E-state index >= 15 is 0 Å². The summed E-state index contributed by atoms with van der Waals surface area (Å²) >= 11 is 0. The second-order valence-corrected chi connectivity index (χ2v) is 4.95. The van der Waals surface area contributed by atoms with Crippen molar-refractivity contribution in [2.45, 2.75) is 13.1 Å². The fraction of sp³-hybridized carbons (Fsp3) is 0.111. The minimum Gasteiger partial charge on any atom is -0.423 e. The number of hydrogen-bond donors (Lipinski definition) is 0. The SMILES string of the molecule is CC(=O)c1ccc(OC(=O)/C=C/c2ccc(C(F)(F)F)cc2)cc1. The van der Waals surface area contributed by atoms with E-state index in [1.807, 2.05) is 0 Å². The Morgan fingerprint density at radius 1 is 0.958 bits per heavy atom. The van der Waals surface area contributed by atoms with Crippen molar-refractivity contribution in [3.63, 3.8) is 0 Å². The molecule has 0 aliphatic rings. The molecule has 2 aromatic rings. The van der Waals surface area contributed by atoms with Gasteiger partial charge in [-0.25, -0.2) is 4.79 Å². The van der Waals surface area contributed by atoms with Crippen molar-refractivity contribution in [3.8, 4) is 5.75 Å². The third kappa shape index (κ3) is 4.81. The van der Waals surface area contributed by atoms with Crippen LogP contribution in [-0.4, -0.2) is 11.8 Å². The molecule has 0 aromatic heterocycles. The minimum atomic E-state index is -4.40. The van der Waals surface area contributed by atoms with E-state index in [9.17, 15) is 22.8 Å². The fourth-order valence-corrected chi connectivity index (χ4v) is 1.86. The van der Waals surface area contributed by atoms with E-state index in [4.69, 9.17) is 4.74 Å². The highest BCUT2D eigenvalue weighted by Gasteiger charge is 2.29. The zero-order valence-corrected chi connectivity index (χ0v) is 12.6. The molecule has 0 spiro atoms. The summed E-state index contributed by atoms with van der Waals surface area (Å²) in [4.78, 5) is 22.8. The standard InChI is InChI=1S/C18H13F3O3/c1-12(22)14-5-9-16(10-6-14)24-17(23)11-4-13-2-7-15(8-3-13)18(19,20)21/h2-11H,1H3/b11-4+. The summed E-state index contributed by atoms with van der Waals surface area (Å²) in [5.74, 6) is -0.511. The second-order valence-electron chi connectivity index (χ2n) is 4.95. The van der Waals surface area contributed by atoms with Gasteiger partial charge in [-0.3, -0.25) is 4.79 Å². The Kier molecular flexibility index (Phi) is 5.18. The summed E-state index contributed by atoms with van der Waals surface area (Å²) in [7, 11) is 0. The van der Waals surface area contributed by atoms with Gasteiger partial charge in [-0.05, 0) is 55.0 Å². The molecule has 24 heavy (non-hydrogen) atoms. The van der Waals surface area contributed by atoms with Crippen molar-refractivity contribution < 1.29 is 27.5 Å². The van der Waals surface area contributed by atoms with E-state index < -0.39 is 17.7 Å². The van der Waals surface area contributed by atoms with Gasteiger partial charge in [0.05, 0.1) is 5.56 Å². The molecule has 0 saturated heterocycles. The first-order valence-corrected chi connectivity index (χ1v) is 6.94. The van der Waals surface area contributed by atoms with Gasteiger partial charge in [0.25, 0.3) is 0 Å². The van der Waals surface area contributed by atoms with Crippen LogP contribution in [0.5, 0.6) is 5.75 Å². The van der Waals surface area contributed by atoms with Gasteiger partial charge in [0.1, 0.15) is 5.75 Å². The number of alkyl halides is 3. The Morgan fingerprint density at radius 2 is 1.54 bits per heavy atom. The first-order valence-electron chi connectivity index (χ1n) is 6.94. The lowest BCUT2D eigenvalue weighted by molar-refractivity contribution is -0.137. The summed E-state index contributed by atoms with van der Waals surface area (Å²) in [6.45, 7) is 1.42. The highest BCUT2D eigenvalue weighted by Crippen LogP contribution is 2.29. The fourth-order valence-electron chi connectivity index (χ4n) is 1.86. The molecule has 0 N–H and O–H groups in total. The maximum Gasteiger partial charge on any atom is 0.416 e. The van der Waals surface area contributed by atoms with Crippen molar-refractivity contribution >= 4 is 17.8 Å². The molecule has 124 valence electrons. The van der Waals surface area contributed by atoms with Crippen LogP contribution in [0, 0.1) is 0 Å². The first kappa shape index (κ1) is 17.5. The molecule has 0 saturated carbocycles. The Labute approximate surface area is 136 Å². The number of carbonyl (C=O) groups is 2. The van der Waals surface area contributed by atoms with E-state index in [-0.39, 0.29) is 11.5 Å². The van der Waals surface area contributed by atoms with Gasteiger partial charge in [-0.15, -0.1) is 0 Å². The van der Waals surface area contributed by atoms with Crippen molar-refractivity contribution in [2.75, 3.05) is 0 Å². The number of ether oxygens (including phenoxy) is 1. The van der Waals surface area contributed by atoms with Crippen LogP contribution < -0.4 is 4.74 Å². The number of Topliss-reactive ketones (excluding diaryl/α,β-unsaturated/α-hetero) is 1. The van der Waals surface area contributed by atoms with Gasteiger partial charge in [0.15, 0.2) is 5.78 Å². The van der Waals surface area contributed by atoms with Crippen molar-refractivity contribution in [1.29, 1.82) is 0 Å². The molecule has 3 nitrogen and oxygen atoms in total. The smallest absolute Gasteiger partial charge is 0.416 e. The van der Waals surface area contributed by atoms with Crippen LogP contribution in [0.3, 0.4) is 0 Å². The Morgan fingerprint density at radius 3 is 2.04 bits per heavy atom. The monoisotopic (exact) mass is 334 g/mol. The van der Waals surface area contributed by atoms with Gasteiger partial charge in [0, 0.05) is 11.6 Å². The molecule has 0 fully saturated rings. The highest BCUT2D eigenvalue weighted by atomic mass is 19.4. The number of carbonyl (C=O) groups excluding carboxylic acids is 2. The molecular formula is C18H13F3O3. The summed E-state index contributed by atoms with van der Waals surface area (Å²) in [6, 6.07) is 10.4. The number of rotatable bonds is 4. The molecule has 0 atom stereocenters. The van der Waals surface area contributed by atoms with Crippen molar-refractivity contribution in [1.82, 2.24) is 0 Å². The molecule has 0 amide bonds. The summed E-state index contributed by atoms with van der Waals surface area (Å²) in [5, 5.41) is 0. The third-order valence-electron chi connectivity index (χ3n) is 3.13. The van der Waals surface area contributed by atoms with Gasteiger partial charge < -0.3 is 4.74 Å². The predicted molar refractivity (Wildman–Crippen MR) is 82.6 cm³/mol. The Hall–Kier alpha value is -2.89. The van der Waals surface area contributed by atoms with Crippen molar-refractivity contribution in [2.24, 2.45) is 0 Å². The van der Waals surface area contributed by atoms with Crippen LogP contribution in [0.4, 0.5) is 13.2 Å². The lowest BCUT2D eigenvalue weighted by Crippen LogP contribution is -2.04. The maximum absolute atomic E-state index is 12.4. The molecule has 0 radical (unpaired) electrons. The molecule has 2 rings (SSSR count). The van der Waals surface area contributed by atoms with Gasteiger partial charge in [0.2, 0.25) is 0 Å². The summed E-state index contributed by atoms with van der Waals surface area (Å²) in [5.41, 5.74) is 0.176. The zero-order valence-electron chi connectivity index (χ0n) is 12.6. The normalized spacial score (nSPS) is 11.5. The zero-order chi connectivity index (χ0) is 17.7. The minimum absolute atomic E-state index is 0.102. The molecule has 2 aromatic carbocycles. The lowest BCUT2D eigenvalue weighted by atomic mass is 10.1. The molecular weight excluding hydrogens is 321 g/mol. The second kappa shape index (κ2) is 7.12. The predicted octanol–water partition coefficient (Wildman–Crippen LogP) is 4.53. The van der Waals surface area contributed by atoms with Crippen LogP contribution in [0.25, 0.3) is 6.08 Å². The quantitative estimate of drug-likeness (QED) is 0.357. The van der Waals surface area contributed by atoms with Crippen LogP contribution in [0.1, 0.15) is 28.4 Å². The van der Waals surface area contributed by atoms with Gasteiger partial charge in [-0.1, -0.05) is 12.1 Å². The van der Waals surface area contributed by atoms with E-state index in [1.54, 1.807) is 0 Å². The van der Waals surface area contributed by atoms with Gasteiger partial charge in [-0.2, -0.15) is 13.2 Å². The number of hydrogen-bond acceptors (Lipinski definition) is 3. The summed E-state index contributed by atoms with van der Waals surface area (Å²) < 4.78 is 42.4. The molecule has 0 aliphatic heterocycles. The highest BCUT2D eigenvalue weighted by molar-refractivity contribution is 5.94. The maximum atomic E-state index is 12.4. The summed E-state index contributed by atoms with van der Waals surface area (Å²) in [6.07, 6.45) is -1.93. The number of benzene rings is 2. The van der Waals surface area contributed by atoms with E-state index in [1.165, 1.54) is 49.4 Å². The molecule has 0 heterocycles. The molecule has 0 bridgehead atoms. The van der Waals surface area contributed by atoms with Crippen molar-refractivity contribution in [3.05, 3.63) is 71.3 Å². The Bertz CT molecular complexity index is 758. The van der Waals surface area contributed by atoms with Crippen LogP contribution in [0.15, 0.2) is 54.6 Å². The largest absolute Gasteiger partial charge is 0.423 e. The third-order valence-corrected chi connectivity index (χ3v) is 3.13. The van der Waals surface area contributed by atoms with Crippen LogP contribution in [0.2, 0.25) is 0 Å². The number of esters is 1. The first-order chi connectivity index (χ1) is 11.3.